The van der Waals surface area contributed by atoms with E-state index in [0.29, 0.717) is 11.3 Å². The molecule has 1 N–H and O–H groups in total. The van der Waals surface area contributed by atoms with Gasteiger partial charge in [-0.15, -0.1) is 0 Å². The Balaban J connectivity index is 0.00000441. The fourth-order valence-corrected chi connectivity index (χ4v) is 2.78. The molecule has 0 bridgehead atoms. The van der Waals surface area contributed by atoms with Crippen LogP contribution in [0.4, 0.5) is 10.5 Å². The van der Waals surface area contributed by atoms with Crippen molar-refractivity contribution in [2.24, 2.45) is 0 Å². The van der Waals surface area contributed by atoms with Crippen molar-refractivity contribution in [2.75, 3.05) is 19.4 Å². The van der Waals surface area contributed by atoms with E-state index in [1.807, 2.05) is 0 Å². The van der Waals surface area contributed by atoms with Crippen LogP contribution in [0.25, 0.3) is 0 Å². The fraction of sp³-hybridized carbons (Fsp3) is 0.500. The molecule has 0 fully saturated rings. The van der Waals surface area contributed by atoms with E-state index in [2.05, 4.69) is 5.32 Å². The molecule has 0 saturated heterocycles. The number of nitrogens with one attached hydrogen (secondary N) is 1. The van der Waals surface area contributed by atoms with Gasteiger partial charge in [0.25, 0.3) is 0 Å². The van der Waals surface area contributed by atoms with Crippen LogP contribution in [0.5, 0.6) is 0 Å². The molecule has 0 saturated carbocycles. The average Bonchev–Trinajstić information content (AvgIpc) is 2.28. The zero-order valence-electron chi connectivity index (χ0n) is 13.2. The van der Waals surface area contributed by atoms with Gasteiger partial charge in [0.15, 0.2) is 0 Å². The summed E-state index contributed by atoms with van der Waals surface area (Å²) in [4.78, 5) is 11.9. The van der Waals surface area contributed by atoms with Crippen LogP contribution in [-0.4, -0.2) is 38.5 Å². The monoisotopic (exact) mass is 316 g/mol. The molecule has 1 amide bonds. The topological polar surface area (TPSA) is 75.7 Å². The van der Waals surface area contributed by atoms with Crippen LogP contribution in [0.2, 0.25) is 0 Å². The summed E-state index contributed by atoms with van der Waals surface area (Å²) in [5.41, 5.74) is 0.259. The zero-order valence-corrected chi connectivity index (χ0v) is 14.0. The molecule has 0 spiro atoms. The van der Waals surface area contributed by atoms with E-state index in [1.54, 1.807) is 39.8 Å². The van der Waals surface area contributed by atoms with Gasteiger partial charge in [-0.2, -0.15) is 0 Å². The van der Waals surface area contributed by atoms with Gasteiger partial charge in [0.2, 0.25) is 10.0 Å². The van der Waals surface area contributed by atoms with Crippen molar-refractivity contribution in [1.82, 2.24) is 4.31 Å². The molecule has 0 aromatic heterocycles. The molecule has 21 heavy (non-hydrogen) atoms. The molecule has 6 nitrogen and oxygen atoms in total. The molecule has 0 radical (unpaired) electrons. The molecule has 1 aromatic carbocycles. The maximum atomic E-state index is 12.2. The number of carbonyl (C=O) groups is 1. The maximum Gasteiger partial charge on any atom is 0.412 e. The number of hydrogen-bond donors (Lipinski definition) is 1. The van der Waals surface area contributed by atoms with Crippen LogP contribution in [0.15, 0.2) is 23.1 Å². The molecule has 0 atom stereocenters. The number of nitrogens with zero attached hydrogens (tertiary/aromatic N) is 1. The summed E-state index contributed by atoms with van der Waals surface area (Å²) in [6, 6.07) is 4.72. The average molecular weight is 316 g/mol. The number of amides is 1. The fourth-order valence-electron chi connectivity index (χ4n) is 1.64. The van der Waals surface area contributed by atoms with E-state index < -0.39 is 21.7 Å². The number of benzene rings is 1. The van der Waals surface area contributed by atoms with Crippen LogP contribution >= 0.6 is 0 Å². The molecule has 0 aliphatic rings. The van der Waals surface area contributed by atoms with Crippen molar-refractivity contribution in [3.05, 3.63) is 23.8 Å². The first-order chi connectivity index (χ1) is 9.45. The number of ether oxygens (including phenoxy) is 1. The molecule has 1 aromatic rings. The van der Waals surface area contributed by atoms with E-state index >= 15 is 0 Å². The third kappa shape index (κ3) is 4.44. The van der Waals surface area contributed by atoms with E-state index in [4.69, 9.17) is 4.74 Å². The van der Waals surface area contributed by atoms with Crippen molar-refractivity contribution in [2.45, 2.75) is 38.2 Å². The van der Waals surface area contributed by atoms with E-state index in [-0.39, 0.29) is 6.32 Å². The van der Waals surface area contributed by atoms with E-state index in [1.165, 1.54) is 20.2 Å². The minimum absolute atomic E-state index is 0. The van der Waals surface area contributed by atoms with E-state index in [0.717, 1.165) is 4.31 Å². The number of sulfonamides is 1. The molecule has 0 aliphatic carbocycles. The Bertz CT molecular complexity index is 637. The Morgan fingerprint density at radius 2 is 1.86 bits per heavy atom. The lowest BCUT2D eigenvalue weighted by molar-refractivity contribution is 0.0635. The normalized spacial score (nSPS) is 12.3. The van der Waals surface area contributed by atoms with Crippen molar-refractivity contribution < 1.29 is 19.4 Å². The zero-order chi connectivity index (χ0) is 16.4. The summed E-state index contributed by atoms with van der Waals surface area (Å²) < 4.78 is 30.7. The number of rotatable bonds is 3. The highest BCUT2D eigenvalue weighted by Crippen LogP contribution is 2.25. The quantitative estimate of drug-likeness (QED) is 0.930. The second-order valence-electron chi connectivity index (χ2n) is 5.84. The predicted octanol–water partition coefficient (Wildman–Crippen LogP) is 2.84. The lowest BCUT2D eigenvalue weighted by atomic mass is 10.2. The molecule has 120 valence electrons. The highest BCUT2D eigenvalue weighted by atomic mass is 32.2. The first-order valence-corrected chi connectivity index (χ1v) is 7.91. The smallest absolute Gasteiger partial charge is 0.412 e. The first kappa shape index (κ1) is 17.5. The van der Waals surface area contributed by atoms with E-state index in [9.17, 15) is 13.2 Å². The van der Waals surface area contributed by atoms with Crippen LogP contribution in [0.1, 0.15) is 27.8 Å². The van der Waals surface area contributed by atoms with Gasteiger partial charge in [-0.25, -0.2) is 17.5 Å². The summed E-state index contributed by atoms with van der Waals surface area (Å²) in [5.74, 6) is 0. The molecule has 1 rings (SSSR count). The molecule has 0 unspecified atom stereocenters. The van der Waals surface area contributed by atoms with Crippen molar-refractivity contribution in [3.8, 4) is 0 Å². The largest absolute Gasteiger partial charge is 0.444 e. The standard InChI is InChI=1S/C14H22N2O4S.H2/c1-10-11(15-13(17)20-14(2,3)4)8-7-9-12(10)21(18,19)16(5)6;/h7-9H,1-6H3,(H,15,17);1H. The third-order valence-electron chi connectivity index (χ3n) is 2.68. The Morgan fingerprint density at radius 1 is 1.29 bits per heavy atom. The van der Waals surface area contributed by atoms with Gasteiger partial charge >= 0.3 is 6.09 Å². The summed E-state index contributed by atoms with van der Waals surface area (Å²) in [6.07, 6.45) is -0.620. The van der Waals surface area contributed by atoms with Gasteiger partial charge in [-0.1, -0.05) is 6.07 Å². The Morgan fingerprint density at radius 3 is 2.33 bits per heavy atom. The lowest BCUT2D eigenvalue weighted by Crippen LogP contribution is -2.28. The Labute approximate surface area is 127 Å². The molecular weight excluding hydrogens is 292 g/mol. The van der Waals surface area contributed by atoms with Crippen molar-refractivity contribution in [1.29, 1.82) is 0 Å². The molecular formula is C14H24N2O4S. The van der Waals surface area contributed by atoms with Gasteiger partial charge < -0.3 is 4.74 Å². The maximum absolute atomic E-state index is 12.2. The predicted molar refractivity (Wildman–Crippen MR) is 84.0 cm³/mol. The van der Waals surface area contributed by atoms with Gasteiger partial charge in [-0.05, 0) is 45.4 Å². The van der Waals surface area contributed by atoms with Crippen LogP contribution in [0.3, 0.4) is 0 Å². The summed E-state index contributed by atoms with van der Waals surface area (Å²) in [6.45, 7) is 6.91. The summed E-state index contributed by atoms with van der Waals surface area (Å²) >= 11 is 0. The summed E-state index contributed by atoms with van der Waals surface area (Å²) in [7, 11) is -0.638. The number of carbonyl (C=O) groups excluding carboxylic acids is 1. The van der Waals surface area contributed by atoms with Gasteiger partial charge in [-0.3, -0.25) is 5.32 Å². The molecule has 0 aliphatic heterocycles. The van der Waals surface area contributed by atoms with Gasteiger partial charge in [0.05, 0.1) is 4.90 Å². The third-order valence-corrected chi connectivity index (χ3v) is 4.64. The Kier molecular flexibility index (Phi) is 5.01. The molecule has 0 heterocycles. The van der Waals surface area contributed by atoms with Gasteiger partial charge in [0.1, 0.15) is 5.60 Å². The SMILES string of the molecule is Cc1c(NC(=O)OC(C)(C)C)cccc1S(=O)(=O)N(C)C.[HH]. The van der Waals surface area contributed by atoms with Crippen LogP contribution in [-0.2, 0) is 14.8 Å². The number of anilines is 1. The molecule has 7 heteroatoms. The lowest BCUT2D eigenvalue weighted by Gasteiger charge is -2.21. The summed E-state index contributed by atoms with van der Waals surface area (Å²) in [5, 5.41) is 2.57. The number of hydrogen-bond acceptors (Lipinski definition) is 4. The second-order valence-corrected chi connectivity index (χ2v) is 7.96. The van der Waals surface area contributed by atoms with Crippen molar-refractivity contribution in [3.63, 3.8) is 0 Å². The minimum Gasteiger partial charge on any atom is -0.444 e. The van der Waals surface area contributed by atoms with Crippen LogP contribution in [0, 0.1) is 6.92 Å². The first-order valence-electron chi connectivity index (χ1n) is 6.47. The second kappa shape index (κ2) is 6.03. The van der Waals surface area contributed by atoms with Gasteiger partial charge in [0, 0.05) is 21.2 Å². The Hall–Kier alpha value is -1.60. The minimum atomic E-state index is -3.56. The van der Waals surface area contributed by atoms with Crippen LogP contribution < -0.4 is 5.32 Å². The highest BCUT2D eigenvalue weighted by molar-refractivity contribution is 7.89. The highest BCUT2D eigenvalue weighted by Gasteiger charge is 2.22. The van der Waals surface area contributed by atoms with Crippen molar-refractivity contribution >= 4 is 21.8 Å².